The van der Waals surface area contributed by atoms with Gasteiger partial charge in [-0.2, -0.15) is 0 Å². The lowest BCUT2D eigenvalue weighted by atomic mass is 10.1. The molecular formula is C19H19BrClN3O2. The molecule has 2 aromatic carbocycles. The molecule has 26 heavy (non-hydrogen) atoms. The van der Waals surface area contributed by atoms with Crippen LogP contribution in [0.3, 0.4) is 0 Å². The minimum Gasteiger partial charge on any atom is -1.00 e. The normalized spacial score (nSPS) is 10.3. The highest BCUT2D eigenvalue weighted by atomic mass is 79.9. The Morgan fingerprint density at radius 3 is 2.35 bits per heavy atom. The molecule has 1 heterocycles. The molecule has 0 spiro atoms. The molecule has 0 aliphatic carbocycles. The third-order valence-corrected chi connectivity index (χ3v) is 4.40. The SMILES string of the molecule is COc1ccc(-c2c[n+](CC(=O)c3ccc(Cl)cc3)c(N)n2C)cc1.[Br-]. The Kier molecular flexibility index (Phi) is 6.45. The van der Waals surface area contributed by atoms with Crippen molar-refractivity contribution in [2.45, 2.75) is 6.54 Å². The van der Waals surface area contributed by atoms with Crippen LogP contribution in [0.1, 0.15) is 10.4 Å². The number of Topliss-reactive ketones (excluding diaryl/α,β-unsaturated/α-hetero) is 1. The molecule has 0 amide bonds. The van der Waals surface area contributed by atoms with Gasteiger partial charge in [-0.1, -0.05) is 11.6 Å². The maximum atomic E-state index is 12.5. The van der Waals surface area contributed by atoms with Crippen molar-refractivity contribution in [2.75, 3.05) is 12.8 Å². The topological polar surface area (TPSA) is 61.1 Å². The first-order valence-corrected chi connectivity index (χ1v) is 8.15. The van der Waals surface area contributed by atoms with E-state index in [1.54, 1.807) is 35.9 Å². The second-order valence-corrected chi connectivity index (χ2v) is 6.15. The second-order valence-electron chi connectivity index (χ2n) is 5.72. The third kappa shape index (κ3) is 4.08. The summed E-state index contributed by atoms with van der Waals surface area (Å²) >= 11 is 5.87. The molecule has 0 aliphatic rings. The number of ketones is 1. The van der Waals surface area contributed by atoms with Gasteiger partial charge in [0.05, 0.1) is 14.2 Å². The number of hydrogen-bond acceptors (Lipinski definition) is 3. The van der Waals surface area contributed by atoms with Crippen LogP contribution in [-0.2, 0) is 13.6 Å². The molecule has 5 nitrogen and oxygen atoms in total. The molecule has 1 aromatic heterocycles. The molecule has 3 aromatic rings. The molecule has 0 unspecified atom stereocenters. The minimum atomic E-state index is -0.0275. The number of ether oxygens (including phenoxy) is 1. The fraction of sp³-hybridized carbons (Fsp3) is 0.158. The van der Waals surface area contributed by atoms with E-state index in [1.807, 2.05) is 42.1 Å². The Morgan fingerprint density at radius 2 is 1.77 bits per heavy atom. The van der Waals surface area contributed by atoms with E-state index in [0.29, 0.717) is 16.5 Å². The number of anilines is 1. The van der Waals surface area contributed by atoms with Crippen LogP contribution in [-0.4, -0.2) is 17.5 Å². The van der Waals surface area contributed by atoms with E-state index in [1.165, 1.54) is 0 Å². The molecule has 0 aliphatic heterocycles. The number of nitrogens with zero attached hydrogens (tertiary/aromatic N) is 2. The molecule has 0 atom stereocenters. The fourth-order valence-electron chi connectivity index (χ4n) is 2.65. The highest BCUT2D eigenvalue weighted by Gasteiger charge is 2.20. The molecule has 2 N–H and O–H groups in total. The third-order valence-electron chi connectivity index (χ3n) is 4.14. The van der Waals surface area contributed by atoms with Crippen LogP contribution >= 0.6 is 11.6 Å². The van der Waals surface area contributed by atoms with Gasteiger partial charge in [0.2, 0.25) is 0 Å². The van der Waals surface area contributed by atoms with E-state index in [9.17, 15) is 4.79 Å². The molecule has 0 bridgehead atoms. The number of benzene rings is 2. The van der Waals surface area contributed by atoms with E-state index in [0.717, 1.165) is 17.0 Å². The van der Waals surface area contributed by atoms with Gasteiger partial charge in [0.1, 0.15) is 24.2 Å². The molecule has 0 fully saturated rings. The number of rotatable bonds is 5. The summed E-state index contributed by atoms with van der Waals surface area (Å²) in [4.78, 5) is 12.5. The van der Waals surface area contributed by atoms with Gasteiger partial charge >= 0.3 is 5.95 Å². The lowest BCUT2D eigenvalue weighted by Crippen LogP contribution is -3.00. The summed E-state index contributed by atoms with van der Waals surface area (Å²) in [6, 6.07) is 14.5. The van der Waals surface area contributed by atoms with Crippen molar-refractivity contribution in [1.82, 2.24) is 4.57 Å². The summed E-state index contributed by atoms with van der Waals surface area (Å²) in [6.45, 7) is 0.164. The summed E-state index contributed by atoms with van der Waals surface area (Å²) < 4.78 is 8.79. The van der Waals surface area contributed by atoms with Crippen molar-refractivity contribution in [3.05, 3.63) is 65.3 Å². The quantitative estimate of drug-likeness (QED) is 0.456. The van der Waals surface area contributed by atoms with E-state index >= 15 is 0 Å². The van der Waals surface area contributed by atoms with Gasteiger partial charge < -0.3 is 21.7 Å². The number of hydrogen-bond donors (Lipinski definition) is 1. The fourth-order valence-corrected chi connectivity index (χ4v) is 2.78. The Labute approximate surface area is 167 Å². The molecule has 136 valence electrons. The van der Waals surface area contributed by atoms with Crippen LogP contribution in [0.4, 0.5) is 5.95 Å². The lowest BCUT2D eigenvalue weighted by molar-refractivity contribution is -0.667. The molecule has 7 heteroatoms. The Morgan fingerprint density at radius 1 is 1.15 bits per heavy atom. The lowest BCUT2D eigenvalue weighted by Gasteiger charge is -2.01. The van der Waals surface area contributed by atoms with Crippen LogP contribution in [0.2, 0.25) is 5.02 Å². The zero-order valence-electron chi connectivity index (χ0n) is 14.4. The number of carbonyl (C=O) groups excluding carboxylic acids is 1. The van der Waals surface area contributed by atoms with Crippen molar-refractivity contribution in [3.63, 3.8) is 0 Å². The van der Waals surface area contributed by atoms with Gasteiger partial charge in [0.15, 0.2) is 5.78 Å². The summed E-state index contributed by atoms with van der Waals surface area (Å²) in [5.74, 6) is 1.27. The van der Waals surface area contributed by atoms with Crippen LogP contribution in [0.15, 0.2) is 54.7 Å². The predicted octanol–water partition coefficient (Wildman–Crippen LogP) is 0.111. The van der Waals surface area contributed by atoms with Crippen molar-refractivity contribution < 1.29 is 31.1 Å². The smallest absolute Gasteiger partial charge is 0.355 e. The Hall–Kier alpha value is -2.31. The van der Waals surface area contributed by atoms with Crippen LogP contribution in [0.5, 0.6) is 5.75 Å². The van der Waals surface area contributed by atoms with E-state index in [2.05, 4.69) is 0 Å². The van der Waals surface area contributed by atoms with Gasteiger partial charge in [-0.25, -0.2) is 9.13 Å². The van der Waals surface area contributed by atoms with E-state index < -0.39 is 0 Å². The monoisotopic (exact) mass is 435 g/mol. The molecule has 0 saturated heterocycles. The van der Waals surface area contributed by atoms with Gasteiger partial charge in [0.25, 0.3) is 0 Å². The first-order valence-electron chi connectivity index (χ1n) is 7.77. The zero-order valence-corrected chi connectivity index (χ0v) is 16.8. The highest BCUT2D eigenvalue weighted by Crippen LogP contribution is 2.23. The average molecular weight is 437 g/mol. The van der Waals surface area contributed by atoms with Gasteiger partial charge in [-0.05, 0) is 48.5 Å². The predicted molar refractivity (Wildman–Crippen MR) is 97.8 cm³/mol. The van der Waals surface area contributed by atoms with Crippen LogP contribution in [0.25, 0.3) is 11.3 Å². The Bertz CT molecular complexity index is 906. The number of nitrogen functional groups attached to an aromatic ring is 1. The minimum absolute atomic E-state index is 0. The van der Waals surface area contributed by atoms with Crippen LogP contribution in [0, 0.1) is 0 Å². The maximum absolute atomic E-state index is 12.5. The van der Waals surface area contributed by atoms with Crippen molar-refractivity contribution in [1.29, 1.82) is 0 Å². The molecule has 0 radical (unpaired) electrons. The molecular weight excluding hydrogens is 418 g/mol. The van der Waals surface area contributed by atoms with E-state index in [4.69, 9.17) is 22.1 Å². The van der Waals surface area contributed by atoms with Crippen molar-refractivity contribution in [3.8, 4) is 17.0 Å². The van der Waals surface area contributed by atoms with Crippen molar-refractivity contribution in [2.24, 2.45) is 7.05 Å². The molecule has 0 saturated carbocycles. The first kappa shape index (κ1) is 20.0. The maximum Gasteiger partial charge on any atom is 0.355 e. The summed E-state index contributed by atoms with van der Waals surface area (Å²) in [5, 5.41) is 0.602. The van der Waals surface area contributed by atoms with Crippen molar-refractivity contribution >= 4 is 23.3 Å². The summed E-state index contributed by atoms with van der Waals surface area (Å²) in [6.07, 6.45) is 1.88. The zero-order chi connectivity index (χ0) is 18.0. The number of methoxy groups -OCH3 is 1. The summed E-state index contributed by atoms with van der Waals surface area (Å²) in [5.41, 5.74) is 8.69. The second kappa shape index (κ2) is 8.38. The standard InChI is InChI=1S/C19H18ClN3O2.BrH/c1-22-17(13-5-9-16(25-2)10-6-13)11-23(19(22)21)12-18(24)14-3-7-15(20)8-4-14;/h3-11,21H,12H2,1-2H3;1H. The van der Waals surface area contributed by atoms with E-state index in [-0.39, 0.29) is 29.3 Å². The number of carbonyl (C=O) groups is 1. The average Bonchev–Trinajstić information content (AvgIpc) is 2.91. The highest BCUT2D eigenvalue weighted by molar-refractivity contribution is 6.30. The van der Waals surface area contributed by atoms with Gasteiger partial charge in [0, 0.05) is 16.1 Å². The van der Waals surface area contributed by atoms with Gasteiger partial charge in [-0.3, -0.25) is 10.5 Å². The number of aromatic nitrogens is 2. The summed E-state index contributed by atoms with van der Waals surface area (Å²) in [7, 11) is 3.50. The largest absolute Gasteiger partial charge is 1.00 e. The van der Waals surface area contributed by atoms with Crippen LogP contribution < -0.4 is 32.0 Å². The van der Waals surface area contributed by atoms with Gasteiger partial charge in [-0.15, -0.1) is 0 Å². The molecule has 3 rings (SSSR count). The number of nitrogens with two attached hydrogens (primary N) is 1. The first-order chi connectivity index (χ1) is 12.0. The number of halogens is 2. The Balaban J connectivity index is 0.00000243. The number of imidazole rings is 1.